The summed E-state index contributed by atoms with van der Waals surface area (Å²) in [7, 11) is 0. The Morgan fingerprint density at radius 3 is 2.41 bits per heavy atom. The minimum atomic E-state index is -0.599. The SMILES string of the molecule is CC[C@H](C(=O)N[C@@H](C)CC)N(Cc1ccc(F)cc1)C(=O)CCc1ccc2c(c1)OCO2. The van der Waals surface area contributed by atoms with E-state index in [1.165, 1.54) is 12.1 Å². The Hall–Kier alpha value is -3.09. The van der Waals surface area contributed by atoms with Crippen molar-refractivity contribution in [3.8, 4) is 11.5 Å². The van der Waals surface area contributed by atoms with Crippen molar-refractivity contribution in [1.29, 1.82) is 0 Å². The zero-order valence-corrected chi connectivity index (χ0v) is 18.9. The van der Waals surface area contributed by atoms with Crippen LogP contribution in [0.2, 0.25) is 0 Å². The van der Waals surface area contributed by atoms with Crippen LogP contribution in [0.25, 0.3) is 0 Å². The highest BCUT2D eigenvalue weighted by Gasteiger charge is 2.29. The van der Waals surface area contributed by atoms with Gasteiger partial charge in [0.25, 0.3) is 0 Å². The summed E-state index contributed by atoms with van der Waals surface area (Å²) in [5.74, 6) is 0.748. The number of benzene rings is 2. The molecule has 6 nitrogen and oxygen atoms in total. The van der Waals surface area contributed by atoms with Crippen molar-refractivity contribution in [2.45, 2.75) is 65.1 Å². The molecule has 1 aliphatic rings. The van der Waals surface area contributed by atoms with Crippen LogP contribution in [0.4, 0.5) is 4.39 Å². The molecule has 0 radical (unpaired) electrons. The first-order valence-corrected chi connectivity index (χ1v) is 11.1. The minimum Gasteiger partial charge on any atom is -0.454 e. The first-order valence-electron chi connectivity index (χ1n) is 11.1. The van der Waals surface area contributed by atoms with Crippen LogP contribution >= 0.6 is 0 Å². The maximum Gasteiger partial charge on any atom is 0.243 e. The van der Waals surface area contributed by atoms with E-state index in [2.05, 4.69) is 5.32 Å². The monoisotopic (exact) mass is 442 g/mol. The fraction of sp³-hybridized carbons (Fsp3) is 0.440. The van der Waals surface area contributed by atoms with E-state index in [9.17, 15) is 14.0 Å². The molecule has 2 aromatic carbocycles. The normalized spacial score (nSPS) is 14.0. The Bertz CT molecular complexity index is 932. The fourth-order valence-corrected chi connectivity index (χ4v) is 3.64. The van der Waals surface area contributed by atoms with Gasteiger partial charge in [-0.1, -0.05) is 32.0 Å². The van der Waals surface area contributed by atoms with Gasteiger partial charge in [0.2, 0.25) is 18.6 Å². The van der Waals surface area contributed by atoms with E-state index in [1.54, 1.807) is 17.0 Å². The summed E-state index contributed by atoms with van der Waals surface area (Å²) in [5.41, 5.74) is 1.74. The molecule has 0 spiro atoms. The molecule has 0 fully saturated rings. The summed E-state index contributed by atoms with van der Waals surface area (Å²) < 4.78 is 24.1. The molecule has 0 aromatic heterocycles. The summed E-state index contributed by atoms with van der Waals surface area (Å²) in [4.78, 5) is 27.8. The fourth-order valence-electron chi connectivity index (χ4n) is 3.64. The number of rotatable bonds is 10. The summed E-state index contributed by atoms with van der Waals surface area (Å²) in [6.45, 7) is 6.28. The lowest BCUT2D eigenvalue weighted by Gasteiger charge is -2.31. The lowest BCUT2D eigenvalue weighted by atomic mass is 10.1. The van der Waals surface area contributed by atoms with Crippen LogP contribution in [0.15, 0.2) is 42.5 Å². The molecule has 2 aromatic rings. The van der Waals surface area contributed by atoms with Crippen molar-refractivity contribution in [2.75, 3.05) is 6.79 Å². The van der Waals surface area contributed by atoms with Gasteiger partial charge in [-0.15, -0.1) is 0 Å². The molecule has 172 valence electrons. The van der Waals surface area contributed by atoms with E-state index in [4.69, 9.17) is 9.47 Å². The summed E-state index contributed by atoms with van der Waals surface area (Å²) in [5, 5.41) is 2.99. The highest BCUT2D eigenvalue weighted by Crippen LogP contribution is 2.32. The topological polar surface area (TPSA) is 67.9 Å². The molecule has 1 N–H and O–H groups in total. The van der Waals surface area contributed by atoms with Crippen LogP contribution in [0.5, 0.6) is 11.5 Å². The molecule has 32 heavy (non-hydrogen) atoms. The number of amides is 2. The van der Waals surface area contributed by atoms with Gasteiger partial charge < -0.3 is 19.7 Å². The van der Waals surface area contributed by atoms with E-state index in [1.807, 2.05) is 39.0 Å². The Morgan fingerprint density at radius 1 is 1.03 bits per heavy atom. The average Bonchev–Trinajstić information content (AvgIpc) is 3.26. The summed E-state index contributed by atoms with van der Waals surface area (Å²) in [6.07, 6.45) is 2.05. The van der Waals surface area contributed by atoms with Crippen molar-refractivity contribution < 1.29 is 23.5 Å². The van der Waals surface area contributed by atoms with Gasteiger partial charge in [0.05, 0.1) is 0 Å². The predicted octanol–water partition coefficient (Wildman–Crippen LogP) is 4.21. The van der Waals surface area contributed by atoms with Gasteiger partial charge >= 0.3 is 0 Å². The van der Waals surface area contributed by atoms with Crippen molar-refractivity contribution in [1.82, 2.24) is 10.2 Å². The number of aryl methyl sites for hydroxylation is 1. The quantitative estimate of drug-likeness (QED) is 0.599. The van der Waals surface area contributed by atoms with E-state index in [0.717, 1.165) is 17.5 Å². The molecule has 0 saturated carbocycles. The summed E-state index contributed by atoms with van der Waals surface area (Å²) >= 11 is 0. The molecule has 1 heterocycles. The lowest BCUT2D eigenvalue weighted by molar-refractivity contribution is -0.141. The second kappa shape index (κ2) is 11.0. The van der Waals surface area contributed by atoms with Gasteiger partial charge in [-0.05, 0) is 61.6 Å². The molecule has 0 unspecified atom stereocenters. The third-order valence-corrected chi connectivity index (χ3v) is 5.72. The van der Waals surface area contributed by atoms with Gasteiger partial charge in [-0.3, -0.25) is 9.59 Å². The minimum absolute atomic E-state index is 0.0213. The van der Waals surface area contributed by atoms with E-state index >= 15 is 0 Å². The number of hydrogen-bond donors (Lipinski definition) is 1. The molecule has 3 rings (SSSR count). The number of carbonyl (C=O) groups excluding carboxylic acids is 2. The Balaban J connectivity index is 1.75. The van der Waals surface area contributed by atoms with Crippen LogP contribution in [-0.2, 0) is 22.6 Å². The zero-order chi connectivity index (χ0) is 23.1. The lowest BCUT2D eigenvalue weighted by Crippen LogP contribution is -2.50. The van der Waals surface area contributed by atoms with Crippen molar-refractivity contribution in [3.63, 3.8) is 0 Å². The third-order valence-electron chi connectivity index (χ3n) is 5.72. The zero-order valence-electron chi connectivity index (χ0n) is 18.9. The number of carbonyl (C=O) groups is 2. The van der Waals surface area contributed by atoms with Gasteiger partial charge in [0.1, 0.15) is 11.9 Å². The molecule has 2 amide bonds. The summed E-state index contributed by atoms with van der Waals surface area (Å²) in [6, 6.07) is 11.1. The van der Waals surface area contributed by atoms with Crippen LogP contribution in [0, 0.1) is 5.82 Å². The second-order valence-corrected chi connectivity index (χ2v) is 8.08. The highest BCUT2D eigenvalue weighted by atomic mass is 19.1. The Labute approximate surface area is 188 Å². The number of ether oxygens (including phenoxy) is 2. The first kappa shape index (κ1) is 23.6. The van der Waals surface area contributed by atoms with E-state index < -0.39 is 6.04 Å². The second-order valence-electron chi connectivity index (χ2n) is 8.08. The molecule has 0 saturated heterocycles. The maximum absolute atomic E-state index is 13.4. The van der Waals surface area contributed by atoms with Crippen LogP contribution in [0.3, 0.4) is 0 Å². The Kier molecular flexibility index (Phi) is 8.09. The van der Waals surface area contributed by atoms with Crippen molar-refractivity contribution >= 4 is 11.8 Å². The molecule has 7 heteroatoms. The van der Waals surface area contributed by atoms with E-state index in [0.29, 0.717) is 24.3 Å². The van der Waals surface area contributed by atoms with Gasteiger partial charge in [-0.2, -0.15) is 0 Å². The molecular weight excluding hydrogens is 411 g/mol. The van der Waals surface area contributed by atoms with Gasteiger partial charge in [-0.25, -0.2) is 4.39 Å². The first-order chi connectivity index (χ1) is 15.4. The van der Waals surface area contributed by atoms with Crippen molar-refractivity contribution in [3.05, 3.63) is 59.4 Å². The molecule has 1 aliphatic heterocycles. The van der Waals surface area contributed by atoms with Crippen LogP contribution in [0.1, 0.15) is 51.2 Å². The van der Waals surface area contributed by atoms with Crippen molar-refractivity contribution in [2.24, 2.45) is 0 Å². The standard InChI is InChI=1S/C25H31FN2O4/c1-4-17(3)27-25(30)21(5-2)28(15-19-6-10-20(26)11-7-19)24(29)13-9-18-8-12-22-23(14-18)32-16-31-22/h6-8,10-12,14,17,21H,4-5,9,13,15-16H2,1-3H3,(H,27,30)/t17-,21+/m0/s1. The number of halogens is 1. The number of nitrogens with zero attached hydrogens (tertiary/aromatic N) is 1. The number of fused-ring (bicyclic) bond motifs is 1. The van der Waals surface area contributed by atoms with Gasteiger partial charge in [0, 0.05) is 19.0 Å². The Morgan fingerprint density at radius 2 is 1.72 bits per heavy atom. The molecule has 2 atom stereocenters. The highest BCUT2D eigenvalue weighted by molar-refractivity contribution is 5.88. The van der Waals surface area contributed by atoms with Crippen LogP contribution in [-0.4, -0.2) is 35.6 Å². The van der Waals surface area contributed by atoms with Gasteiger partial charge in [0.15, 0.2) is 11.5 Å². The molecule has 0 aliphatic carbocycles. The average molecular weight is 443 g/mol. The third kappa shape index (κ3) is 5.99. The number of hydrogen-bond acceptors (Lipinski definition) is 4. The van der Waals surface area contributed by atoms with Crippen LogP contribution < -0.4 is 14.8 Å². The molecule has 0 bridgehead atoms. The predicted molar refractivity (Wildman–Crippen MR) is 120 cm³/mol. The van der Waals surface area contributed by atoms with E-state index in [-0.39, 0.29) is 43.4 Å². The maximum atomic E-state index is 13.4. The molecular formula is C25H31FN2O4. The number of nitrogens with one attached hydrogen (secondary N) is 1. The largest absolute Gasteiger partial charge is 0.454 e. The smallest absolute Gasteiger partial charge is 0.243 e.